The summed E-state index contributed by atoms with van der Waals surface area (Å²) in [5.74, 6) is -1.15. The summed E-state index contributed by atoms with van der Waals surface area (Å²) in [7, 11) is 0. The smallest absolute Gasteiger partial charge is 0.361 e. The second-order valence-corrected chi connectivity index (χ2v) is 1.94. The van der Waals surface area contributed by atoms with Gasteiger partial charge in [0.1, 0.15) is 6.20 Å². The zero-order chi connectivity index (χ0) is 9.14. The minimum Gasteiger partial charge on any atom is -0.493 e. The zero-order valence-electron chi connectivity index (χ0n) is 5.98. The van der Waals surface area contributed by atoms with E-state index in [1.54, 1.807) is 0 Å². The van der Waals surface area contributed by atoms with Crippen molar-refractivity contribution in [1.82, 2.24) is 9.71 Å². The van der Waals surface area contributed by atoms with Gasteiger partial charge < -0.3 is 15.7 Å². The van der Waals surface area contributed by atoms with E-state index in [1.165, 1.54) is 0 Å². The molecule has 0 aromatic carbocycles. The number of hydrogen-bond acceptors (Lipinski definition) is 5. The highest BCUT2D eigenvalue weighted by Crippen LogP contribution is 1.94. The second-order valence-electron chi connectivity index (χ2n) is 1.94. The molecule has 0 radical (unpaired) electrons. The third-order valence-electron chi connectivity index (χ3n) is 1.04. The number of carbonyl (C=O) groups excluding carboxylic acids is 1. The Balaban J connectivity index is 2.82. The average molecular weight is 173 g/mol. The molecule has 0 saturated carbocycles. The van der Waals surface area contributed by atoms with Crippen molar-refractivity contribution < 1.29 is 14.7 Å². The summed E-state index contributed by atoms with van der Waals surface area (Å²) >= 11 is 0. The number of aromatic nitrogens is 2. The van der Waals surface area contributed by atoms with E-state index in [0.717, 1.165) is 6.20 Å². The number of imidazole rings is 1. The number of aromatic amines is 1. The first kappa shape index (κ1) is 8.34. The Morgan fingerprint density at radius 2 is 2.50 bits per heavy atom. The van der Waals surface area contributed by atoms with Crippen molar-refractivity contribution in [3.05, 3.63) is 16.7 Å². The van der Waals surface area contributed by atoms with Crippen LogP contribution in [0.25, 0.3) is 0 Å². The third kappa shape index (κ3) is 1.64. The van der Waals surface area contributed by atoms with Crippen LogP contribution in [0.4, 0.5) is 0 Å². The van der Waals surface area contributed by atoms with E-state index in [-0.39, 0.29) is 12.4 Å². The van der Waals surface area contributed by atoms with Gasteiger partial charge in [0.05, 0.1) is 6.54 Å². The molecule has 0 saturated heterocycles. The summed E-state index contributed by atoms with van der Waals surface area (Å²) < 4.78 is 0.560. The first-order valence-corrected chi connectivity index (χ1v) is 3.05. The van der Waals surface area contributed by atoms with Crippen molar-refractivity contribution >= 4 is 5.97 Å². The third-order valence-corrected chi connectivity index (χ3v) is 1.04. The van der Waals surface area contributed by atoms with Gasteiger partial charge >= 0.3 is 11.7 Å². The van der Waals surface area contributed by atoms with Crippen LogP contribution < -0.4 is 16.3 Å². The summed E-state index contributed by atoms with van der Waals surface area (Å²) in [4.78, 5) is 27.6. The van der Waals surface area contributed by atoms with Gasteiger partial charge in [0.25, 0.3) is 0 Å². The van der Waals surface area contributed by atoms with E-state index in [2.05, 4.69) is 4.84 Å². The van der Waals surface area contributed by atoms with E-state index in [1.807, 2.05) is 4.98 Å². The molecule has 1 aromatic rings. The van der Waals surface area contributed by atoms with Crippen LogP contribution in [0.1, 0.15) is 0 Å². The number of rotatable bonds is 2. The summed E-state index contributed by atoms with van der Waals surface area (Å²) in [5.41, 5.74) is 4.17. The SMILES string of the molecule is NCC(=O)On1cc(O)[nH]c1=O. The number of nitrogens with two attached hydrogens (primary N) is 1. The van der Waals surface area contributed by atoms with Gasteiger partial charge in [-0.15, -0.1) is 4.73 Å². The van der Waals surface area contributed by atoms with Gasteiger partial charge in [0.15, 0.2) is 0 Å². The lowest BCUT2D eigenvalue weighted by atomic mass is 10.7. The Kier molecular flexibility index (Phi) is 2.15. The van der Waals surface area contributed by atoms with Crippen molar-refractivity contribution in [3.63, 3.8) is 0 Å². The molecule has 0 bridgehead atoms. The molecule has 1 aromatic heterocycles. The Bertz CT molecular complexity index is 339. The van der Waals surface area contributed by atoms with Gasteiger partial charge in [-0.05, 0) is 0 Å². The van der Waals surface area contributed by atoms with Crippen LogP contribution in [0.5, 0.6) is 5.88 Å². The van der Waals surface area contributed by atoms with E-state index in [9.17, 15) is 9.59 Å². The number of nitrogens with one attached hydrogen (secondary N) is 1. The first-order chi connectivity index (χ1) is 5.63. The molecule has 0 fully saturated rings. The number of aromatic hydroxyl groups is 1. The van der Waals surface area contributed by atoms with Gasteiger partial charge in [-0.3, -0.25) is 4.98 Å². The van der Waals surface area contributed by atoms with Crippen molar-refractivity contribution in [3.8, 4) is 5.88 Å². The fourth-order valence-corrected chi connectivity index (χ4v) is 0.581. The van der Waals surface area contributed by atoms with Crippen molar-refractivity contribution in [2.75, 3.05) is 6.54 Å². The number of carbonyl (C=O) groups is 1. The summed E-state index contributed by atoms with van der Waals surface area (Å²) in [6, 6.07) is 0. The monoisotopic (exact) mass is 173 g/mol. The highest BCUT2D eigenvalue weighted by atomic mass is 16.7. The van der Waals surface area contributed by atoms with Gasteiger partial charge in [-0.25, -0.2) is 9.59 Å². The van der Waals surface area contributed by atoms with E-state index < -0.39 is 11.7 Å². The number of H-pyrrole nitrogens is 1. The van der Waals surface area contributed by atoms with Crippen molar-refractivity contribution in [2.45, 2.75) is 0 Å². The first-order valence-electron chi connectivity index (χ1n) is 3.05. The molecule has 4 N–H and O–H groups in total. The molecule has 0 aliphatic rings. The van der Waals surface area contributed by atoms with Crippen LogP contribution in [0, 0.1) is 0 Å². The lowest BCUT2D eigenvalue weighted by molar-refractivity contribution is -0.142. The summed E-state index contributed by atoms with van der Waals surface area (Å²) in [6.45, 7) is -0.335. The molecule has 1 heterocycles. The van der Waals surface area contributed by atoms with E-state index in [0.29, 0.717) is 4.73 Å². The molecule has 1 rings (SSSR count). The Labute approximate surface area is 66.3 Å². The molecule has 0 spiro atoms. The van der Waals surface area contributed by atoms with Crippen LogP contribution in [0.3, 0.4) is 0 Å². The van der Waals surface area contributed by atoms with Crippen LogP contribution >= 0.6 is 0 Å². The Morgan fingerprint density at radius 1 is 1.83 bits per heavy atom. The molecule has 0 aliphatic carbocycles. The molecule has 7 heteroatoms. The van der Waals surface area contributed by atoms with Crippen molar-refractivity contribution in [2.24, 2.45) is 5.73 Å². The maximum Gasteiger partial charge on any atom is 0.361 e. The molecular formula is C5H7N3O4. The maximum atomic E-state index is 10.7. The zero-order valence-corrected chi connectivity index (χ0v) is 5.98. The standard InChI is InChI=1S/C5H7N3O4/c6-1-4(10)12-8-2-3(9)7-5(8)11/h2,9H,1,6H2,(H,7,11). The average Bonchev–Trinajstić information content (AvgIpc) is 2.30. The summed E-state index contributed by atoms with van der Waals surface area (Å²) in [6.07, 6.45) is 0.926. The normalized spacial score (nSPS) is 9.75. The molecule has 12 heavy (non-hydrogen) atoms. The fourth-order valence-electron chi connectivity index (χ4n) is 0.581. The van der Waals surface area contributed by atoms with Crippen LogP contribution in [0.15, 0.2) is 11.0 Å². The molecule has 0 aliphatic heterocycles. The molecule has 7 nitrogen and oxygen atoms in total. The Hall–Kier alpha value is -1.76. The minimum absolute atomic E-state index is 0.335. The molecular weight excluding hydrogens is 166 g/mol. The van der Waals surface area contributed by atoms with Crippen LogP contribution in [-0.2, 0) is 4.79 Å². The quantitative estimate of drug-likeness (QED) is 0.470. The highest BCUT2D eigenvalue weighted by molar-refractivity contribution is 5.71. The molecule has 0 amide bonds. The minimum atomic E-state index is -0.767. The maximum absolute atomic E-state index is 10.7. The lowest BCUT2D eigenvalue weighted by Gasteiger charge is -1.97. The van der Waals surface area contributed by atoms with E-state index in [4.69, 9.17) is 10.8 Å². The predicted molar refractivity (Wildman–Crippen MR) is 37.4 cm³/mol. The fraction of sp³-hybridized carbons (Fsp3) is 0.200. The highest BCUT2D eigenvalue weighted by Gasteiger charge is 2.05. The molecule has 66 valence electrons. The van der Waals surface area contributed by atoms with E-state index >= 15 is 0 Å². The molecule has 0 atom stereocenters. The van der Waals surface area contributed by atoms with Crippen molar-refractivity contribution in [1.29, 1.82) is 0 Å². The van der Waals surface area contributed by atoms with Gasteiger partial charge in [-0.2, -0.15) is 0 Å². The number of hydrogen-bond donors (Lipinski definition) is 3. The van der Waals surface area contributed by atoms with Gasteiger partial charge in [0, 0.05) is 0 Å². The largest absolute Gasteiger partial charge is 0.493 e. The topological polar surface area (TPSA) is 110 Å². The number of nitrogens with zero attached hydrogens (tertiary/aromatic N) is 1. The van der Waals surface area contributed by atoms with Crippen LogP contribution in [-0.4, -0.2) is 27.3 Å². The molecule has 0 unspecified atom stereocenters. The predicted octanol–water partition coefficient (Wildman–Crippen LogP) is -2.20. The van der Waals surface area contributed by atoms with Gasteiger partial charge in [-0.1, -0.05) is 0 Å². The lowest BCUT2D eigenvalue weighted by Crippen LogP contribution is -2.32. The Morgan fingerprint density at radius 3 is 2.92 bits per heavy atom. The summed E-state index contributed by atoms with van der Waals surface area (Å²) in [5, 5.41) is 8.72. The second kappa shape index (κ2) is 3.09. The van der Waals surface area contributed by atoms with Crippen LogP contribution in [0.2, 0.25) is 0 Å². The van der Waals surface area contributed by atoms with Gasteiger partial charge in [0.2, 0.25) is 5.88 Å².